The van der Waals surface area contributed by atoms with Crippen LogP contribution in [0.5, 0.6) is 5.75 Å². The standard InChI is InChI=1S/C30H39N5O4/c1-3-34(2)30-15-23(14-29(33-30)32-24-5-4-6-24)28(37)10-8-25(36)18-35-12-11-21-13-26(9-7-22(21)17-35)38-19-27-16-31-20-39-27/h7,9,13-16,20,24-25,36H,3-6,8,10-12,17-19H2,1-2H3,(H,32,33)/t25-/m0/s1. The van der Waals surface area contributed by atoms with Crippen LogP contribution in [0.4, 0.5) is 11.6 Å². The van der Waals surface area contributed by atoms with Crippen LogP contribution in [0.2, 0.25) is 0 Å². The molecule has 9 nitrogen and oxygen atoms in total. The van der Waals surface area contributed by atoms with Crippen LogP contribution in [-0.4, -0.2) is 64.6 Å². The number of aromatic nitrogens is 2. The van der Waals surface area contributed by atoms with Gasteiger partial charge >= 0.3 is 0 Å². The molecule has 3 heterocycles. The lowest BCUT2D eigenvalue weighted by Crippen LogP contribution is -2.36. The van der Waals surface area contributed by atoms with E-state index in [0.29, 0.717) is 43.4 Å². The molecule has 1 fully saturated rings. The minimum Gasteiger partial charge on any atom is -0.486 e. The van der Waals surface area contributed by atoms with Gasteiger partial charge in [0.25, 0.3) is 0 Å². The van der Waals surface area contributed by atoms with Crippen molar-refractivity contribution in [3.05, 3.63) is 65.4 Å². The number of aliphatic hydroxyl groups excluding tert-OH is 1. The number of β-amino-alcohol motifs (C(OH)–C–C–N with tert-alkyl or cyclic N) is 1. The Hall–Kier alpha value is -3.43. The summed E-state index contributed by atoms with van der Waals surface area (Å²) in [4.78, 5) is 26.1. The van der Waals surface area contributed by atoms with Crippen LogP contribution >= 0.6 is 0 Å². The average molecular weight is 534 g/mol. The number of oxazole rings is 1. The predicted molar refractivity (Wildman–Crippen MR) is 150 cm³/mol. The molecule has 1 atom stereocenters. The van der Waals surface area contributed by atoms with E-state index in [2.05, 4.69) is 34.3 Å². The molecule has 3 aromatic rings. The second-order valence-electron chi connectivity index (χ2n) is 10.7. The van der Waals surface area contributed by atoms with E-state index in [4.69, 9.17) is 14.1 Å². The van der Waals surface area contributed by atoms with Crippen molar-refractivity contribution >= 4 is 17.4 Å². The molecular weight excluding hydrogens is 494 g/mol. The maximum atomic E-state index is 13.1. The van der Waals surface area contributed by atoms with Gasteiger partial charge in [-0.25, -0.2) is 9.97 Å². The van der Waals surface area contributed by atoms with Crippen LogP contribution < -0.4 is 15.0 Å². The fourth-order valence-electron chi connectivity index (χ4n) is 5.00. The van der Waals surface area contributed by atoms with Crippen LogP contribution in [0.15, 0.2) is 47.3 Å². The van der Waals surface area contributed by atoms with E-state index in [1.165, 1.54) is 23.9 Å². The van der Waals surface area contributed by atoms with Gasteiger partial charge in [0.05, 0.1) is 12.3 Å². The van der Waals surface area contributed by atoms with E-state index in [0.717, 1.165) is 56.3 Å². The van der Waals surface area contributed by atoms with Crippen molar-refractivity contribution in [3.63, 3.8) is 0 Å². The van der Waals surface area contributed by atoms with Crippen molar-refractivity contribution in [1.29, 1.82) is 0 Å². The minimum absolute atomic E-state index is 0.0423. The van der Waals surface area contributed by atoms with Gasteiger partial charge in [0.1, 0.15) is 24.0 Å². The normalized spacial score (nSPS) is 16.3. The van der Waals surface area contributed by atoms with Crippen molar-refractivity contribution in [2.75, 3.05) is 36.9 Å². The van der Waals surface area contributed by atoms with Crippen LogP contribution in [0, 0.1) is 0 Å². The highest BCUT2D eigenvalue weighted by molar-refractivity contribution is 5.97. The van der Waals surface area contributed by atoms with Gasteiger partial charge in [-0.1, -0.05) is 6.07 Å². The molecule has 2 aliphatic rings. The lowest BCUT2D eigenvalue weighted by atomic mass is 9.93. The first-order chi connectivity index (χ1) is 19.0. The second-order valence-corrected chi connectivity index (χ2v) is 10.7. The van der Waals surface area contributed by atoms with Crippen molar-refractivity contribution < 1.29 is 19.1 Å². The van der Waals surface area contributed by atoms with Gasteiger partial charge in [0.2, 0.25) is 0 Å². The van der Waals surface area contributed by atoms with Crippen molar-refractivity contribution in [1.82, 2.24) is 14.9 Å². The van der Waals surface area contributed by atoms with Gasteiger partial charge in [-0.3, -0.25) is 9.69 Å². The number of benzene rings is 1. The van der Waals surface area contributed by atoms with Crippen LogP contribution in [-0.2, 0) is 19.6 Å². The first-order valence-electron chi connectivity index (χ1n) is 14.0. The Balaban J connectivity index is 1.12. The van der Waals surface area contributed by atoms with E-state index in [-0.39, 0.29) is 5.78 Å². The molecular formula is C30H39N5O4. The number of hydrogen-bond acceptors (Lipinski definition) is 9. The monoisotopic (exact) mass is 533 g/mol. The number of anilines is 2. The lowest BCUT2D eigenvalue weighted by Gasteiger charge is -2.30. The van der Waals surface area contributed by atoms with Gasteiger partial charge in [-0.05, 0) is 74.4 Å². The maximum absolute atomic E-state index is 13.1. The van der Waals surface area contributed by atoms with Gasteiger partial charge in [-0.2, -0.15) is 0 Å². The summed E-state index contributed by atoms with van der Waals surface area (Å²) in [6, 6.07) is 10.3. The Labute approximate surface area is 230 Å². The first-order valence-corrected chi connectivity index (χ1v) is 14.0. The Morgan fingerprint density at radius 3 is 2.90 bits per heavy atom. The third-order valence-corrected chi connectivity index (χ3v) is 7.76. The molecule has 2 aromatic heterocycles. The van der Waals surface area contributed by atoms with Gasteiger partial charge in [0, 0.05) is 51.3 Å². The van der Waals surface area contributed by atoms with E-state index < -0.39 is 6.10 Å². The van der Waals surface area contributed by atoms with Crippen LogP contribution in [0.3, 0.4) is 0 Å². The molecule has 2 N–H and O–H groups in total. The molecule has 1 aromatic carbocycles. The summed E-state index contributed by atoms with van der Waals surface area (Å²) in [5.74, 6) is 3.10. The lowest BCUT2D eigenvalue weighted by molar-refractivity contribution is 0.0836. The fraction of sp³-hybridized carbons (Fsp3) is 0.500. The van der Waals surface area contributed by atoms with Crippen molar-refractivity contribution in [2.45, 2.75) is 70.7 Å². The number of aliphatic hydroxyl groups is 1. The summed E-state index contributed by atoms with van der Waals surface area (Å²) in [6.07, 6.45) is 7.64. The highest BCUT2D eigenvalue weighted by Crippen LogP contribution is 2.27. The number of nitrogens with zero attached hydrogens (tertiary/aromatic N) is 4. The summed E-state index contributed by atoms with van der Waals surface area (Å²) in [5.41, 5.74) is 3.16. The van der Waals surface area contributed by atoms with Gasteiger partial charge < -0.3 is 24.5 Å². The van der Waals surface area contributed by atoms with Gasteiger partial charge in [0.15, 0.2) is 17.9 Å². The molecule has 0 bridgehead atoms. The molecule has 0 radical (unpaired) electrons. The number of hydrogen-bond donors (Lipinski definition) is 2. The van der Waals surface area contributed by atoms with Gasteiger partial charge in [-0.15, -0.1) is 0 Å². The van der Waals surface area contributed by atoms with Crippen LogP contribution in [0.1, 0.15) is 66.3 Å². The predicted octanol–water partition coefficient (Wildman–Crippen LogP) is 4.45. The number of ketones is 1. The number of rotatable bonds is 13. The molecule has 1 saturated carbocycles. The number of carbonyl (C=O) groups excluding carboxylic acids is 1. The van der Waals surface area contributed by atoms with E-state index in [1.54, 1.807) is 6.20 Å². The van der Waals surface area contributed by atoms with E-state index in [1.807, 2.05) is 30.1 Å². The van der Waals surface area contributed by atoms with E-state index >= 15 is 0 Å². The fourth-order valence-corrected chi connectivity index (χ4v) is 5.00. The molecule has 208 valence electrons. The molecule has 1 aliphatic heterocycles. The molecule has 0 amide bonds. The summed E-state index contributed by atoms with van der Waals surface area (Å²) < 4.78 is 11.1. The summed E-state index contributed by atoms with van der Waals surface area (Å²) >= 11 is 0. The molecule has 39 heavy (non-hydrogen) atoms. The quantitative estimate of drug-likeness (QED) is 0.308. The van der Waals surface area contributed by atoms with Crippen molar-refractivity contribution in [2.24, 2.45) is 0 Å². The molecule has 0 spiro atoms. The van der Waals surface area contributed by atoms with E-state index in [9.17, 15) is 9.90 Å². The third-order valence-electron chi connectivity index (χ3n) is 7.76. The number of fused-ring (bicyclic) bond motifs is 1. The topological polar surface area (TPSA) is 104 Å². The van der Waals surface area contributed by atoms with Crippen LogP contribution in [0.25, 0.3) is 0 Å². The molecule has 0 unspecified atom stereocenters. The molecule has 9 heteroatoms. The highest BCUT2D eigenvalue weighted by atomic mass is 16.5. The zero-order valence-corrected chi connectivity index (χ0v) is 22.9. The molecule has 1 aliphatic carbocycles. The second kappa shape index (κ2) is 12.6. The molecule has 0 saturated heterocycles. The Morgan fingerprint density at radius 1 is 1.28 bits per heavy atom. The average Bonchev–Trinajstić information content (AvgIpc) is 3.45. The SMILES string of the molecule is CCN(C)c1cc(C(=O)CC[C@H](O)CN2CCc3cc(OCc4cnco4)ccc3C2)cc(NC2CCC2)n1. The first kappa shape index (κ1) is 27.1. The van der Waals surface area contributed by atoms with Crippen molar-refractivity contribution in [3.8, 4) is 5.75 Å². The Bertz CT molecular complexity index is 1240. The Kier molecular flexibility index (Phi) is 8.78. The third kappa shape index (κ3) is 7.16. The largest absolute Gasteiger partial charge is 0.486 e. The number of pyridine rings is 1. The summed E-state index contributed by atoms with van der Waals surface area (Å²) in [6.45, 7) is 5.40. The number of nitrogens with one attached hydrogen (secondary N) is 1. The number of carbonyl (C=O) groups is 1. The highest BCUT2D eigenvalue weighted by Gasteiger charge is 2.22. The maximum Gasteiger partial charge on any atom is 0.181 e. The summed E-state index contributed by atoms with van der Waals surface area (Å²) in [5, 5.41) is 14.3. The zero-order chi connectivity index (χ0) is 27.2. The number of ether oxygens (including phenoxy) is 1. The molecule has 5 rings (SSSR count). The number of Topliss-reactive ketones (excluding diaryl/α,β-unsaturated/α-hetero) is 1. The minimum atomic E-state index is -0.563. The smallest absolute Gasteiger partial charge is 0.181 e. The Morgan fingerprint density at radius 2 is 2.15 bits per heavy atom. The zero-order valence-electron chi connectivity index (χ0n) is 22.9. The summed E-state index contributed by atoms with van der Waals surface area (Å²) in [7, 11) is 1.98.